The van der Waals surface area contributed by atoms with Crippen LogP contribution in [0.1, 0.15) is 42.1 Å². The Morgan fingerprint density at radius 3 is 1.71 bits per heavy atom. The molecular weight excluding hydrogens is 801 g/mol. The summed E-state index contributed by atoms with van der Waals surface area (Å²) in [5, 5.41) is 12.2. The third kappa shape index (κ3) is 9.19. The first-order chi connectivity index (χ1) is 30.8. The van der Waals surface area contributed by atoms with Crippen molar-refractivity contribution in [1.82, 2.24) is 45.2 Å². The number of rotatable bonds is 9. The molecule has 7 heterocycles. The van der Waals surface area contributed by atoms with Gasteiger partial charge in [-0.1, -0.05) is 0 Å². The van der Waals surface area contributed by atoms with E-state index in [-0.39, 0.29) is 13.1 Å². The highest BCUT2D eigenvalue weighted by molar-refractivity contribution is 5.94. The number of benzene rings is 2. The monoisotopic (exact) mass is 854 g/mol. The van der Waals surface area contributed by atoms with Crippen LogP contribution in [0.2, 0.25) is 0 Å². The number of urea groups is 2. The zero-order valence-electron chi connectivity index (χ0n) is 36.1. The summed E-state index contributed by atoms with van der Waals surface area (Å²) in [7, 11) is 0. The number of carbonyl (C=O) groups excluding carboxylic acids is 2. The Morgan fingerprint density at radius 2 is 1.19 bits per heavy atom. The molecule has 5 aromatic rings. The van der Waals surface area contributed by atoms with Gasteiger partial charge in [0.25, 0.3) is 0 Å². The molecule has 0 spiro atoms. The number of aryl methyl sites for hydroxylation is 1. The molecule has 4 aliphatic rings. The minimum atomic E-state index is -0.438. The molecule has 2 fully saturated rings. The van der Waals surface area contributed by atoms with Crippen LogP contribution < -0.4 is 30.7 Å². The smallest absolute Gasteiger partial charge is 0.340 e. The van der Waals surface area contributed by atoms with Crippen LogP contribution in [0.25, 0.3) is 22.8 Å². The molecule has 63 heavy (non-hydrogen) atoms. The van der Waals surface area contributed by atoms with E-state index in [1.165, 1.54) is 15.6 Å². The third-order valence-corrected chi connectivity index (χ3v) is 11.8. The number of morpholine rings is 2. The summed E-state index contributed by atoms with van der Waals surface area (Å²) in [4.78, 5) is 63.3. The second kappa shape index (κ2) is 18.9. The fraction of sp³-hybridized carbons (Fsp3) is 0.422. The molecule has 0 radical (unpaired) electrons. The average Bonchev–Trinajstić information content (AvgIpc) is 3.33. The fourth-order valence-electron chi connectivity index (χ4n) is 8.52. The summed E-state index contributed by atoms with van der Waals surface area (Å²) < 4.78 is 11.3. The number of carbonyl (C=O) groups is 2. The highest BCUT2D eigenvalue weighted by Crippen LogP contribution is 2.33. The highest BCUT2D eigenvalue weighted by atomic mass is 16.5. The Balaban J connectivity index is 0.873. The quantitative estimate of drug-likeness (QED) is 0.170. The van der Waals surface area contributed by atoms with Gasteiger partial charge in [-0.15, -0.1) is 0 Å². The molecule has 0 aliphatic carbocycles. The molecule has 2 aromatic carbocycles. The van der Waals surface area contributed by atoms with Crippen LogP contribution in [0.5, 0.6) is 0 Å². The number of ether oxygens (including phenoxy) is 2. The Hall–Kier alpha value is -6.50. The van der Waals surface area contributed by atoms with Crippen LogP contribution in [0.4, 0.5) is 38.4 Å². The number of aromatic nitrogens is 6. The van der Waals surface area contributed by atoms with Gasteiger partial charge in [0.15, 0.2) is 11.6 Å². The van der Waals surface area contributed by atoms with Crippen molar-refractivity contribution < 1.29 is 19.1 Å². The molecule has 9 rings (SSSR count). The zero-order chi connectivity index (χ0) is 43.3. The van der Waals surface area contributed by atoms with Crippen molar-refractivity contribution in [3.05, 3.63) is 89.1 Å². The van der Waals surface area contributed by atoms with E-state index in [0.717, 1.165) is 103 Å². The predicted octanol–water partition coefficient (Wildman–Crippen LogP) is 4.90. The molecular formula is C45H54N14O4. The van der Waals surface area contributed by atoms with E-state index in [1.807, 2.05) is 75.4 Å². The van der Waals surface area contributed by atoms with Crippen LogP contribution in [-0.2, 0) is 35.4 Å². The van der Waals surface area contributed by atoms with Crippen molar-refractivity contribution in [2.45, 2.75) is 46.7 Å². The van der Waals surface area contributed by atoms with Crippen LogP contribution in [-0.4, -0.2) is 131 Å². The van der Waals surface area contributed by atoms with E-state index in [0.29, 0.717) is 62.5 Å². The number of fused-ring (bicyclic) bond motifs is 2. The van der Waals surface area contributed by atoms with Gasteiger partial charge in [-0.3, -0.25) is 0 Å². The van der Waals surface area contributed by atoms with Crippen molar-refractivity contribution in [3.8, 4) is 22.8 Å². The van der Waals surface area contributed by atoms with Gasteiger partial charge in [-0.25, -0.2) is 49.5 Å². The van der Waals surface area contributed by atoms with Gasteiger partial charge in [-0.2, -0.15) is 0 Å². The van der Waals surface area contributed by atoms with Crippen LogP contribution in [0.3, 0.4) is 0 Å². The molecule has 4 amide bonds. The standard InChI is InChI=1S/C45H54N14O4/c1-4-58(44(60)49-33-10-6-31(7-11-33)40-51-37-27-46-16-14-35(37)42(53-40)55-18-22-62-23-19-55)59(5-2)45(61)50-34-12-8-32(9-13-34)41-52-38-28-57(39-26-30(3)47-29-48-39)17-15-36(38)43(54-41)56-20-24-63-25-21-56/h6-13,26,29,46H,4-5,14-25,27-28H2,1-3H3,(H,49,60)(H,50,61). The SMILES string of the molecule is CCN(C(=O)Nc1ccc(-c2nc3c(c(N4CCOCC4)n2)CCNC3)cc1)N(CC)C(=O)Nc1ccc(-c2nc3c(c(N4CCOCC4)n2)CCN(c2cc(C)ncn2)C3)cc1. The van der Waals surface area contributed by atoms with E-state index in [1.54, 1.807) is 6.33 Å². The maximum atomic E-state index is 13.8. The van der Waals surface area contributed by atoms with E-state index >= 15 is 0 Å². The van der Waals surface area contributed by atoms with Gasteiger partial charge in [-0.05, 0) is 88.7 Å². The number of anilines is 5. The van der Waals surface area contributed by atoms with E-state index in [4.69, 9.17) is 29.4 Å². The maximum absolute atomic E-state index is 13.8. The fourth-order valence-corrected chi connectivity index (χ4v) is 8.52. The normalized spacial score (nSPS) is 16.2. The number of nitrogens with zero attached hydrogens (tertiary/aromatic N) is 11. The molecule has 0 bridgehead atoms. The molecule has 18 heteroatoms. The van der Waals surface area contributed by atoms with E-state index in [9.17, 15) is 9.59 Å². The summed E-state index contributed by atoms with van der Waals surface area (Å²) >= 11 is 0. The van der Waals surface area contributed by atoms with Crippen molar-refractivity contribution in [1.29, 1.82) is 0 Å². The zero-order valence-corrected chi connectivity index (χ0v) is 36.1. The van der Waals surface area contributed by atoms with Gasteiger partial charge >= 0.3 is 12.1 Å². The lowest BCUT2D eigenvalue weighted by Gasteiger charge is -2.34. The lowest BCUT2D eigenvalue weighted by Crippen LogP contribution is -2.52. The van der Waals surface area contributed by atoms with E-state index in [2.05, 4.69) is 40.6 Å². The second-order valence-electron chi connectivity index (χ2n) is 15.9. The molecule has 0 saturated carbocycles. The number of nitrogens with one attached hydrogen (secondary N) is 3. The van der Waals surface area contributed by atoms with E-state index < -0.39 is 12.1 Å². The Labute approximate surface area is 367 Å². The molecule has 3 aromatic heterocycles. The summed E-state index contributed by atoms with van der Waals surface area (Å²) in [6, 6.07) is 16.1. The first-order valence-corrected chi connectivity index (χ1v) is 21.9. The van der Waals surface area contributed by atoms with Crippen LogP contribution >= 0.6 is 0 Å². The second-order valence-corrected chi connectivity index (χ2v) is 15.9. The minimum Gasteiger partial charge on any atom is -0.378 e. The van der Waals surface area contributed by atoms with Crippen molar-refractivity contribution in [2.24, 2.45) is 0 Å². The molecule has 0 unspecified atom stereocenters. The van der Waals surface area contributed by atoms with Crippen LogP contribution in [0.15, 0.2) is 60.9 Å². The maximum Gasteiger partial charge on any atom is 0.340 e. The van der Waals surface area contributed by atoms with Gasteiger partial charge in [0, 0.05) is 97.7 Å². The largest absolute Gasteiger partial charge is 0.378 e. The molecule has 18 nitrogen and oxygen atoms in total. The van der Waals surface area contributed by atoms with Crippen molar-refractivity contribution in [3.63, 3.8) is 0 Å². The Bertz CT molecular complexity index is 2420. The predicted molar refractivity (Wildman–Crippen MR) is 241 cm³/mol. The van der Waals surface area contributed by atoms with Crippen LogP contribution in [0, 0.1) is 6.92 Å². The number of hydrogen-bond donors (Lipinski definition) is 3. The number of hydrazine groups is 1. The summed E-state index contributed by atoms with van der Waals surface area (Å²) in [5.74, 6) is 4.05. The van der Waals surface area contributed by atoms with Gasteiger partial charge in [0.05, 0.1) is 44.4 Å². The third-order valence-electron chi connectivity index (χ3n) is 11.8. The highest BCUT2D eigenvalue weighted by Gasteiger charge is 2.29. The van der Waals surface area contributed by atoms with Crippen molar-refractivity contribution in [2.75, 3.05) is 104 Å². The molecule has 4 aliphatic heterocycles. The van der Waals surface area contributed by atoms with Gasteiger partial charge < -0.3 is 40.1 Å². The number of hydrogen-bond acceptors (Lipinski definition) is 14. The molecule has 2 saturated heterocycles. The van der Waals surface area contributed by atoms with Gasteiger partial charge in [0.1, 0.15) is 23.8 Å². The first-order valence-electron chi connectivity index (χ1n) is 21.9. The Morgan fingerprint density at radius 1 is 0.667 bits per heavy atom. The number of amides is 4. The molecule has 3 N–H and O–H groups in total. The molecule has 328 valence electrons. The average molecular weight is 855 g/mol. The lowest BCUT2D eigenvalue weighted by atomic mass is 10.0. The topological polar surface area (TPSA) is 182 Å². The minimum absolute atomic E-state index is 0.263. The summed E-state index contributed by atoms with van der Waals surface area (Å²) in [6.07, 6.45) is 3.28. The summed E-state index contributed by atoms with van der Waals surface area (Å²) in [6.45, 7) is 14.9. The first kappa shape index (κ1) is 41.8. The van der Waals surface area contributed by atoms with Gasteiger partial charge in [0.2, 0.25) is 0 Å². The summed E-state index contributed by atoms with van der Waals surface area (Å²) in [5.41, 5.74) is 8.08. The lowest BCUT2D eigenvalue weighted by molar-refractivity contribution is 0.0679. The van der Waals surface area contributed by atoms with Crippen molar-refractivity contribution >= 4 is 40.9 Å². The Kier molecular flexibility index (Phi) is 12.5. The molecule has 0 atom stereocenters.